The Balaban J connectivity index is 0.00000208. The molecule has 2 N–H and O–H groups in total. The Morgan fingerprint density at radius 3 is 2.67 bits per heavy atom. The summed E-state index contributed by atoms with van der Waals surface area (Å²) in [4.78, 5) is 12.0. The van der Waals surface area contributed by atoms with Crippen LogP contribution in [0.3, 0.4) is 0 Å². The molecule has 3 rings (SSSR count). The molecular weight excluding hydrogens is 341 g/mol. The number of alkyl halides is 3. The number of hydrogen-bond acceptors (Lipinski definition) is 2. The zero-order chi connectivity index (χ0) is 16.5. The van der Waals surface area contributed by atoms with Crippen LogP contribution in [0.15, 0.2) is 24.3 Å². The van der Waals surface area contributed by atoms with E-state index in [2.05, 4.69) is 10.6 Å². The van der Waals surface area contributed by atoms with E-state index in [4.69, 9.17) is 0 Å². The minimum Gasteiger partial charge on any atom is -0.355 e. The molecule has 1 atom stereocenters. The molecule has 3 nitrogen and oxygen atoms in total. The molecule has 2 fully saturated rings. The van der Waals surface area contributed by atoms with Crippen molar-refractivity contribution in [3.05, 3.63) is 35.4 Å². The van der Waals surface area contributed by atoms with Gasteiger partial charge in [0.15, 0.2) is 0 Å². The Hall–Kier alpha value is -1.27. The number of carbonyl (C=O) groups excluding carboxylic acids is 1. The highest BCUT2D eigenvalue weighted by molar-refractivity contribution is 5.85. The Labute approximate surface area is 145 Å². The number of benzene rings is 1. The van der Waals surface area contributed by atoms with E-state index in [-0.39, 0.29) is 29.8 Å². The first-order valence-electron chi connectivity index (χ1n) is 8.07. The number of carbonyl (C=O) groups is 1. The third-order valence-corrected chi connectivity index (χ3v) is 4.87. The van der Waals surface area contributed by atoms with Crippen molar-refractivity contribution in [3.8, 4) is 0 Å². The lowest BCUT2D eigenvalue weighted by molar-refractivity contribution is -0.137. The van der Waals surface area contributed by atoms with Gasteiger partial charge in [-0.15, -0.1) is 12.4 Å². The van der Waals surface area contributed by atoms with E-state index in [0.29, 0.717) is 18.5 Å². The standard InChI is InChI=1S/C17H21F3N2O.ClH/c18-17(19,20)13-4-1-3-12(9-13)16(6-7-16)11-22-15(23)10-14-5-2-8-21-14;/h1,3-4,9,14,21H,2,5-8,10-11H2,(H,22,23);1H. The van der Waals surface area contributed by atoms with Gasteiger partial charge in [-0.1, -0.05) is 18.2 Å². The maximum absolute atomic E-state index is 12.8. The molecule has 0 bridgehead atoms. The fraction of sp³-hybridized carbons (Fsp3) is 0.588. The Kier molecular flexibility index (Phi) is 5.81. The Morgan fingerprint density at radius 2 is 2.08 bits per heavy atom. The number of halogens is 4. The van der Waals surface area contributed by atoms with Crippen LogP contribution >= 0.6 is 12.4 Å². The van der Waals surface area contributed by atoms with Gasteiger partial charge in [0.25, 0.3) is 0 Å². The predicted molar refractivity (Wildman–Crippen MR) is 88.3 cm³/mol. The molecular formula is C17H22ClF3N2O. The summed E-state index contributed by atoms with van der Waals surface area (Å²) in [5.41, 5.74) is -0.269. The minimum atomic E-state index is -4.33. The molecule has 7 heteroatoms. The van der Waals surface area contributed by atoms with E-state index >= 15 is 0 Å². The van der Waals surface area contributed by atoms with Crippen molar-refractivity contribution in [2.75, 3.05) is 13.1 Å². The lowest BCUT2D eigenvalue weighted by Gasteiger charge is -2.19. The first-order valence-corrected chi connectivity index (χ1v) is 8.07. The zero-order valence-electron chi connectivity index (χ0n) is 13.3. The van der Waals surface area contributed by atoms with Gasteiger partial charge in [-0.2, -0.15) is 13.2 Å². The molecule has 1 aliphatic heterocycles. The van der Waals surface area contributed by atoms with Crippen LogP contribution in [0.5, 0.6) is 0 Å². The molecule has 0 radical (unpaired) electrons. The molecule has 1 unspecified atom stereocenters. The van der Waals surface area contributed by atoms with E-state index in [9.17, 15) is 18.0 Å². The first kappa shape index (κ1) is 19.1. The van der Waals surface area contributed by atoms with Crippen LogP contribution in [0.1, 0.15) is 43.2 Å². The summed E-state index contributed by atoms with van der Waals surface area (Å²) in [6.07, 6.45) is -0.160. The largest absolute Gasteiger partial charge is 0.416 e. The van der Waals surface area contributed by atoms with Gasteiger partial charge in [0.1, 0.15) is 0 Å². The minimum absolute atomic E-state index is 0. The molecule has 0 aromatic heterocycles. The van der Waals surface area contributed by atoms with Crippen LogP contribution in [-0.4, -0.2) is 25.0 Å². The second-order valence-corrected chi connectivity index (χ2v) is 6.63. The van der Waals surface area contributed by atoms with Crippen molar-refractivity contribution < 1.29 is 18.0 Å². The number of amides is 1. The van der Waals surface area contributed by atoms with Crippen LogP contribution in [0.25, 0.3) is 0 Å². The van der Waals surface area contributed by atoms with Crippen LogP contribution < -0.4 is 10.6 Å². The van der Waals surface area contributed by atoms with E-state index in [1.54, 1.807) is 6.07 Å². The Bertz CT molecular complexity index is 581. The van der Waals surface area contributed by atoms with Crippen molar-refractivity contribution >= 4 is 18.3 Å². The maximum atomic E-state index is 12.8. The Morgan fingerprint density at radius 1 is 1.33 bits per heavy atom. The quantitative estimate of drug-likeness (QED) is 0.842. The topological polar surface area (TPSA) is 41.1 Å². The summed E-state index contributed by atoms with van der Waals surface area (Å²) in [6.45, 7) is 1.37. The van der Waals surface area contributed by atoms with Crippen molar-refractivity contribution in [2.45, 2.75) is 49.7 Å². The van der Waals surface area contributed by atoms with Gasteiger partial charge in [0.2, 0.25) is 5.91 Å². The summed E-state index contributed by atoms with van der Waals surface area (Å²) < 4.78 is 38.5. The molecule has 1 aliphatic carbocycles. The summed E-state index contributed by atoms with van der Waals surface area (Å²) >= 11 is 0. The van der Waals surface area contributed by atoms with Gasteiger partial charge in [0, 0.05) is 24.4 Å². The molecule has 1 heterocycles. The molecule has 24 heavy (non-hydrogen) atoms. The molecule has 1 aromatic rings. The highest BCUT2D eigenvalue weighted by Gasteiger charge is 2.45. The number of hydrogen-bond donors (Lipinski definition) is 2. The highest BCUT2D eigenvalue weighted by atomic mass is 35.5. The van der Waals surface area contributed by atoms with Gasteiger partial charge >= 0.3 is 6.18 Å². The fourth-order valence-electron chi connectivity index (χ4n) is 3.24. The third kappa shape index (κ3) is 4.42. The van der Waals surface area contributed by atoms with Gasteiger partial charge < -0.3 is 10.6 Å². The average Bonchev–Trinajstić information content (AvgIpc) is 3.14. The molecule has 1 amide bonds. The fourth-order valence-corrected chi connectivity index (χ4v) is 3.24. The zero-order valence-corrected chi connectivity index (χ0v) is 14.1. The van der Waals surface area contributed by atoms with Crippen molar-refractivity contribution in [1.29, 1.82) is 0 Å². The van der Waals surface area contributed by atoms with Gasteiger partial charge in [-0.25, -0.2) is 0 Å². The normalized spacial score (nSPS) is 21.9. The second-order valence-electron chi connectivity index (χ2n) is 6.63. The number of nitrogens with one attached hydrogen (secondary N) is 2. The summed E-state index contributed by atoms with van der Waals surface area (Å²) in [6, 6.07) is 5.72. The van der Waals surface area contributed by atoms with Crippen molar-refractivity contribution in [1.82, 2.24) is 10.6 Å². The molecule has 1 saturated carbocycles. The smallest absolute Gasteiger partial charge is 0.355 e. The lowest BCUT2D eigenvalue weighted by atomic mass is 9.94. The van der Waals surface area contributed by atoms with Crippen molar-refractivity contribution in [3.63, 3.8) is 0 Å². The van der Waals surface area contributed by atoms with Crippen LogP contribution in [0.4, 0.5) is 13.2 Å². The maximum Gasteiger partial charge on any atom is 0.416 e. The first-order chi connectivity index (χ1) is 10.9. The predicted octanol–water partition coefficient (Wildman–Crippen LogP) is 3.42. The molecule has 0 spiro atoms. The molecule has 2 aliphatic rings. The summed E-state index contributed by atoms with van der Waals surface area (Å²) in [7, 11) is 0. The van der Waals surface area contributed by atoms with Crippen molar-refractivity contribution in [2.24, 2.45) is 0 Å². The highest BCUT2D eigenvalue weighted by Crippen LogP contribution is 2.48. The third-order valence-electron chi connectivity index (χ3n) is 4.87. The SMILES string of the molecule is Cl.O=C(CC1CCCN1)NCC1(c2cccc(C(F)(F)F)c2)CC1. The van der Waals surface area contributed by atoms with Crippen LogP contribution in [0, 0.1) is 0 Å². The molecule has 1 aromatic carbocycles. The number of rotatable bonds is 5. The van der Waals surface area contributed by atoms with E-state index in [0.717, 1.165) is 38.3 Å². The van der Waals surface area contributed by atoms with Crippen LogP contribution in [-0.2, 0) is 16.4 Å². The van der Waals surface area contributed by atoms with Gasteiger partial charge in [0.05, 0.1) is 5.56 Å². The lowest BCUT2D eigenvalue weighted by Crippen LogP contribution is -2.36. The molecule has 1 saturated heterocycles. The summed E-state index contributed by atoms with van der Waals surface area (Å²) in [5, 5.41) is 6.18. The van der Waals surface area contributed by atoms with E-state index < -0.39 is 11.7 Å². The van der Waals surface area contributed by atoms with Gasteiger partial charge in [-0.3, -0.25) is 4.79 Å². The van der Waals surface area contributed by atoms with E-state index in [1.807, 2.05) is 0 Å². The van der Waals surface area contributed by atoms with E-state index in [1.165, 1.54) is 12.1 Å². The van der Waals surface area contributed by atoms with Crippen LogP contribution in [0.2, 0.25) is 0 Å². The van der Waals surface area contributed by atoms with Gasteiger partial charge in [-0.05, 0) is 43.9 Å². The molecule has 134 valence electrons. The second kappa shape index (κ2) is 7.31. The monoisotopic (exact) mass is 362 g/mol. The average molecular weight is 363 g/mol. The summed E-state index contributed by atoms with van der Waals surface area (Å²) in [5.74, 6) is -0.0253.